The molecule has 2 fully saturated rings. The van der Waals surface area contributed by atoms with Gasteiger partial charge in [0.25, 0.3) is 5.91 Å². The van der Waals surface area contributed by atoms with Crippen LogP contribution in [-0.2, 0) is 11.3 Å². The quantitative estimate of drug-likeness (QED) is 0.371. The van der Waals surface area contributed by atoms with Crippen molar-refractivity contribution in [2.75, 3.05) is 11.4 Å². The summed E-state index contributed by atoms with van der Waals surface area (Å²) < 4.78 is 3.49. The molecule has 0 atom stereocenters. The van der Waals surface area contributed by atoms with Crippen molar-refractivity contribution >= 4 is 40.3 Å². The molecule has 1 saturated carbocycles. The molecule has 1 N–H and O–H groups in total. The Bertz CT molecular complexity index is 1650. The van der Waals surface area contributed by atoms with Gasteiger partial charge in [0.1, 0.15) is 11.6 Å². The van der Waals surface area contributed by atoms with E-state index in [0.717, 1.165) is 43.1 Å². The molecule has 4 heterocycles. The van der Waals surface area contributed by atoms with Gasteiger partial charge in [-0.05, 0) is 75.3 Å². The summed E-state index contributed by atoms with van der Waals surface area (Å²) in [5.41, 5.74) is 2.66. The summed E-state index contributed by atoms with van der Waals surface area (Å²) in [5.74, 6) is 1.30. The van der Waals surface area contributed by atoms with Gasteiger partial charge in [0, 0.05) is 31.7 Å². The molecule has 0 spiro atoms. The van der Waals surface area contributed by atoms with Crippen molar-refractivity contribution < 1.29 is 9.59 Å². The number of imidazole rings is 1. The third kappa shape index (κ3) is 5.01. The predicted octanol–water partition coefficient (Wildman–Crippen LogP) is 4.66. The zero-order valence-electron chi connectivity index (χ0n) is 22.3. The summed E-state index contributed by atoms with van der Waals surface area (Å²) in [6.45, 7) is 3.04. The van der Waals surface area contributed by atoms with Crippen LogP contribution in [0.3, 0.4) is 0 Å². The van der Waals surface area contributed by atoms with E-state index >= 15 is 0 Å². The van der Waals surface area contributed by atoms with Crippen LogP contribution in [0, 0.1) is 12.8 Å². The van der Waals surface area contributed by atoms with E-state index in [1.54, 1.807) is 28.7 Å². The van der Waals surface area contributed by atoms with E-state index in [2.05, 4.69) is 10.3 Å². The number of para-hydroxylation sites is 2. The second kappa shape index (κ2) is 10.9. The Kier molecular flexibility index (Phi) is 7.14. The third-order valence-electron chi connectivity index (χ3n) is 8.06. The molecule has 0 radical (unpaired) electrons. The Morgan fingerprint density at radius 2 is 1.77 bits per heavy atom. The minimum absolute atomic E-state index is 0.0607. The zero-order valence-corrected chi connectivity index (χ0v) is 23.1. The number of benzene rings is 1. The highest BCUT2D eigenvalue weighted by molar-refractivity contribution is 6.30. The number of hydrogen-bond acceptors (Lipinski definition) is 5. The summed E-state index contributed by atoms with van der Waals surface area (Å²) in [6, 6.07) is 15.0. The summed E-state index contributed by atoms with van der Waals surface area (Å²) in [6.07, 6.45) is 6.35. The van der Waals surface area contributed by atoms with Gasteiger partial charge in [-0.2, -0.15) is 0 Å². The molecule has 0 bridgehead atoms. The SMILES string of the molecule is Cc1ncc(Cl)cc1C(=O)NC1CCC(Cn2c(=O)n(-c3cccc(N4CCCC4=O)n3)c3ccccc32)CC1. The number of anilines is 1. The van der Waals surface area contributed by atoms with E-state index < -0.39 is 0 Å². The molecule has 2 aliphatic rings. The number of aromatic nitrogens is 4. The number of rotatable bonds is 6. The maximum absolute atomic E-state index is 13.8. The molecule has 0 unspecified atom stereocenters. The Morgan fingerprint density at radius 1 is 1.02 bits per heavy atom. The number of nitrogens with zero attached hydrogens (tertiary/aromatic N) is 5. The second-order valence-corrected chi connectivity index (χ2v) is 11.1. The average Bonchev–Trinajstić information content (AvgIpc) is 3.51. The lowest BCUT2D eigenvalue weighted by atomic mass is 9.85. The van der Waals surface area contributed by atoms with Gasteiger partial charge in [-0.1, -0.05) is 29.8 Å². The van der Waals surface area contributed by atoms with Crippen LogP contribution in [0.25, 0.3) is 16.9 Å². The summed E-state index contributed by atoms with van der Waals surface area (Å²) in [5, 5.41) is 3.58. The van der Waals surface area contributed by atoms with Crippen molar-refractivity contribution in [3.05, 3.63) is 81.5 Å². The molecule has 6 rings (SSSR count). The van der Waals surface area contributed by atoms with Gasteiger partial charge in [0.05, 0.1) is 27.3 Å². The van der Waals surface area contributed by atoms with Crippen molar-refractivity contribution in [3.8, 4) is 5.82 Å². The molecule has 9 nitrogen and oxygen atoms in total. The molecule has 206 valence electrons. The fourth-order valence-corrected chi connectivity index (χ4v) is 6.09. The maximum Gasteiger partial charge on any atom is 0.334 e. The average molecular weight is 559 g/mol. The topological polar surface area (TPSA) is 102 Å². The van der Waals surface area contributed by atoms with E-state index in [0.29, 0.717) is 53.3 Å². The summed E-state index contributed by atoms with van der Waals surface area (Å²) in [7, 11) is 0. The number of fused-ring (bicyclic) bond motifs is 1. The standard InChI is InChI=1S/C30H31ClN6O3/c1-19-23(16-21(31)17-32-19)29(39)33-22-13-11-20(12-14-22)18-36-24-6-2-3-7-25(24)37(30(36)40)27-9-4-8-26(34-27)35-15-5-10-28(35)38/h2-4,6-9,16-17,20,22H,5,10-15,18H2,1H3,(H,33,39). The van der Waals surface area contributed by atoms with Crippen LogP contribution in [0.1, 0.15) is 54.6 Å². The smallest absolute Gasteiger partial charge is 0.334 e. The first-order valence-electron chi connectivity index (χ1n) is 13.8. The molecule has 3 aromatic heterocycles. The Labute approximate surface area is 236 Å². The Morgan fingerprint density at radius 3 is 2.52 bits per heavy atom. The van der Waals surface area contributed by atoms with Crippen molar-refractivity contribution in [1.82, 2.24) is 24.4 Å². The molecule has 2 amide bonds. The minimum atomic E-state index is -0.152. The highest BCUT2D eigenvalue weighted by Crippen LogP contribution is 2.28. The van der Waals surface area contributed by atoms with Gasteiger partial charge >= 0.3 is 5.69 Å². The van der Waals surface area contributed by atoms with Crippen LogP contribution in [0.5, 0.6) is 0 Å². The van der Waals surface area contributed by atoms with E-state index in [-0.39, 0.29) is 23.5 Å². The number of aryl methyl sites for hydroxylation is 1. The lowest BCUT2D eigenvalue weighted by molar-refractivity contribution is -0.117. The third-order valence-corrected chi connectivity index (χ3v) is 8.26. The van der Waals surface area contributed by atoms with Gasteiger partial charge in [0.2, 0.25) is 5.91 Å². The Balaban J connectivity index is 1.19. The molecular weight excluding hydrogens is 528 g/mol. The number of amides is 2. The van der Waals surface area contributed by atoms with Crippen molar-refractivity contribution in [3.63, 3.8) is 0 Å². The van der Waals surface area contributed by atoms with Crippen molar-refractivity contribution in [2.24, 2.45) is 5.92 Å². The van der Waals surface area contributed by atoms with Crippen LogP contribution >= 0.6 is 11.6 Å². The fraction of sp³-hybridized carbons (Fsp3) is 0.367. The van der Waals surface area contributed by atoms with E-state index in [4.69, 9.17) is 16.6 Å². The Hall–Kier alpha value is -3.98. The van der Waals surface area contributed by atoms with Crippen LogP contribution in [0.4, 0.5) is 5.82 Å². The van der Waals surface area contributed by atoms with E-state index in [1.807, 2.05) is 47.0 Å². The molecule has 4 aromatic rings. The molecule has 1 aliphatic carbocycles. The first kappa shape index (κ1) is 26.3. The van der Waals surface area contributed by atoms with E-state index in [1.165, 1.54) is 0 Å². The lowest BCUT2D eigenvalue weighted by Crippen LogP contribution is -2.39. The second-order valence-electron chi connectivity index (χ2n) is 10.7. The first-order valence-corrected chi connectivity index (χ1v) is 14.2. The summed E-state index contributed by atoms with van der Waals surface area (Å²) >= 11 is 6.05. The van der Waals surface area contributed by atoms with E-state index in [9.17, 15) is 14.4 Å². The highest BCUT2D eigenvalue weighted by atomic mass is 35.5. The molecular formula is C30H31ClN6O3. The van der Waals surface area contributed by atoms with Gasteiger partial charge in [0.15, 0.2) is 0 Å². The monoisotopic (exact) mass is 558 g/mol. The number of nitrogens with one attached hydrogen (secondary N) is 1. The number of carbonyl (C=O) groups is 2. The lowest BCUT2D eigenvalue weighted by Gasteiger charge is -2.29. The molecule has 1 saturated heterocycles. The maximum atomic E-state index is 13.8. The van der Waals surface area contributed by atoms with Gasteiger partial charge < -0.3 is 5.32 Å². The largest absolute Gasteiger partial charge is 0.349 e. The van der Waals surface area contributed by atoms with Gasteiger partial charge in [-0.3, -0.25) is 24.0 Å². The molecule has 10 heteroatoms. The number of halogens is 1. The number of pyridine rings is 2. The molecule has 1 aromatic carbocycles. The minimum Gasteiger partial charge on any atom is -0.349 e. The van der Waals surface area contributed by atoms with Crippen molar-refractivity contribution in [2.45, 2.75) is 58.0 Å². The number of carbonyl (C=O) groups excluding carboxylic acids is 2. The van der Waals surface area contributed by atoms with Crippen LogP contribution < -0.4 is 15.9 Å². The van der Waals surface area contributed by atoms with Crippen molar-refractivity contribution in [1.29, 1.82) is 0 Å². The predicted molar refractivity (Wildman–Crippen MR) is 154 cm³/mol. The fourth-order valence-electron chi connectivity index (χ4n) is 5.93. The first-order chi connectivity index (χ1) is 19.4. The van der Waals surface area contributed by atoms with Gasteiger partial charge in [-0.25, -0.2) is 14.3 Å². The van der Waals surface area contributed by atoms with Crippen LogP contribution in [0.15, 0.2) is 59.5 Å². The normalized spacial score (nSPS) is 19.4. The molecule has 1 aliphatic heterocycles. The molecule has 40 heavy (non-hydrogen) atoms. The van der Waals surface area contributed by atoms with Crippen LogP contribution in [-0.4, -0.2) is 43.5 Å². The highest BCUT2D eigenvalue weighted by Gasteiger charge is 2.27. The summed E-state index contributed by atoms with van der Waals surface area (Å²) in [4.78, 5) is 49.5. The van der Waals surface area contributed by atoms with Crippen LogP contribution in [0.2, 0.25) is 5.02 Å². The number of hydrogen-bond donors (Lipinski definition) is 1. The van der Waals surface area contributed by atoms with Gasteiger partial charge in [-0.15, -0.1) is 0 Å². The zero-order chi connectivity index (χ0) is 27.8.